The van der Waals surface area contributed by atoms with E-state index < -0.39 is 18.0 Å². The Balaban J connectivity index is 0.000000487. The number of carboxylic acid groups (broad SMARTS) is 2. The molecule has 1 amide bonds. The molecule has 0 aliphatic rings. The Bertz CT molecular complexity index is 694. The van der Waals surface area contributed by atoms with E-state index in [-0.39, 0.29) is 12.6 Å². The topological polar surface area (TPSA) is 139 Å². The fourth-order valence-electron chi connectivity index (χ4n) is 1.87. The molecular weight excluding hydrogens is 340 g/mol. The molecule has 0 heterocycles. The third kappa shape index (κ3) is 7.93. The van der Waals surface area contributed by atoms with Crippen LogP contribution < -0.4 is 11.1 Å². The summed E-state index contributed by atoms with van der Waals surface area (Å²) in [5.74, 6) is -3.65. The number of hydrogen-bond donors (Lipinski definition) is 4. The van der Waals surface area contributed by atoms with Crippen LogP contribution in [-0.2, 0) is 20.9 Å². The molecule has 0 saturated heterocycles. The molecule has 2 aromatic carbocycles. The summed E-state index contributed by atoms with van der Waals surface area (Å²) >= 11 is 0. The Morgan fingerprint density at radius 2 is 1.42 bits per heavy atom. The number of nitrogens with two attached hydrogens (primary N) is 1. The Kier molecular flexibility index (Phi) is 8.91. The Morgan fingerprint density at radius 1 is 0.923 bits per heavy atom. The summed E-state index contributed by atoms with van der Waals surface area (Å²) in [4.78, 5) is 30.0. The lowest BCUT2D eigenvalue weighted by Gasteiger charge is -2.17. The summed E-state index contributed by atoms with van der Waals surface area (Å²) in [6.45, 7) is 0.573. The van der Waals surface area contributed by atoms with Crippen molar-refractivity contribution in [1.29, 1.82) is 0 Å². The molecule has 0 aliphatic carbocycles. The molecule has 138 valence electrons. The first kappa shape index (κ1) is 20.7. The highest BCUT2D eigenvalue weighted by Crippen LogP contribution is 2.11. The van der Waals surface area contributed by atoms with E-state index in [9.17, 15) is 4.79 Å². The zero-order valence-electron chi connectivity index (χ0n) is 13.9. The van der Waals surface area contributed by atoms with Gasteiger partial charge in [0.1, 0.15) is 6.61 Å². The molecule has 0 fully saturated rings. The first-order valence-electron chi connectivity index (χ1n) is 7.62. The number of carbonyl (C=O) groups excluding carboxylic acids is 1. The van der Waals surface area contributed by atoms with Gasteiger partial charge in [-0.25, -0.2) is 14.4 Å². The first-order valence-corrected chi connectivity index (χ1v) is 7.62. The molecule has 0 spiro atoms. The van der Waals surface area contributed by atoms with Crippen LogP contribution in [0.5, 0.6) is 0 Å². The zero-order chi connectivity index (χ0) is 19.4. The predicted molar refractivity (Wildman–Crippen MR) is 93.3 cm³/mol. The summed E-state index contributed by atoms with van der Waals surface area (Å²) in [6, 6.07) is 18.9. The van der Waals surface area contributed by atoms with Gasteiger partial charge in [0.25, 0.3) is 0 Å². The van der Waals surface area contributed by atoms with Crippen molar-refractivity contribution in [3.8, 4) is 0 Å². The van der Waals surface area contributed by atoms with E-state index in [0.29, 0.717) is 6.54 Å². The summed E-state index contributed by atoms with van der Waals surface area (Å²) in [7, 11) is 0. The lowest BCUT2D eigenvalue weighted by atomic mass is 10.1. The number of carbonyl (C=O) groups is 3. The second-order valence-electron chi connectivity index (χ2n) is 5.02. The van der Waals surface area contributed by atoms with Crippen LogP contribution >= 0.6 is 0 Å². The van der Waals surface area contributed by atoms with Gasteiger partial charge in [0, 0.05) is 6.54 Å². The Hall–Kier alpha value is -3.39. The van der Waals surface area contributed by atoms with Crippen molar-refractivity contribution >= 4 is 18.0 Å². The lowest BCUT2D eigenvalue weighted by molar-refractivity contribution is -0.159. The number of hydrogen-bond acceptors (Lipinski definition) is 5. The van der Waals surface area contributed by atoms with Crippen LogP contribution in [0, 0.1) is 0 Å². The monoisotopic (exact) mass is 360 g/mol. The van der Waals surface area contributed by atoms with Crippen LogP contribution in [0.25, 0.3) is 0 Å². The second kappa shape index (κ2) is 11.2. The van der Waals surface area contributed by atoms with Crippen molar-refractivity contribution in [3.63, 3.8) is 0 Å². The maximum absolute atomic E-state index is 11.8. The minimum Gasteiger partial charge on any atom is -0.473 e. The van der Waals surface area contributed by atoms with Crippen molar-refractivity contribution in [1.82, 2.24) is 5.32 Å². The molecule has 5 N–H and O–H groups in total. The average Bonchev–Trinajstić information content (AvgIpc) is 2.66. The van der Waals surface area contributed by atoms with E-state index >= 15 is 0 Å². The third-order valence-corrected chi connectivity index (χ3v) is 3.13. The molecule has 2 rings (SSSR count). The van der Waals surface area contributed by atoms with Gasteiger partial charge in [0.2, 0.25) is 0 Å². The fourth-order valence-corrected chi connectivity index (χ4v) is 1.87. The van der Waals surface area contributed by atoms with E-state index in [0.717, 1.165) is 11.1 Å². The number of amides is 1. The van der Waals surface area contributed by atoms with Crippen LogP contribution in [0.15, 0.2) is 60.7 Å². The van der Waals surface area contributed by atoms with Gasteiger partial charge in [0.05, 0.1) is 6.04 Å². The summed E-state index contributed by atoms with van der Waals surface area (Å²) in [5.41, 5.74) is 7.61. The smallest absolute Gasteiger partial charge is 0.414 e. The third-order valence-electron chi connectivity index (χ3n) is 3.13. The van der Waals surface area contributed by atoms with Crippen molar-refractivity contribution in [2.45, 2.75) is 12.6 Å². The highest BCUT2D eigenvalue weighted by molar-refractivity contribution is 6.27. The molecule has 2 aromatic rings. The summed E-state index contributed by atoms with van der Waals surface area (Å²) in [6.07, 6.45) is -0.465. The van der Waals surface area contributed by atoms with Gasteiger partial charge in [-0.2, -0.15) is 0 Å². The highest BCUT2D eigenvalue weighted by atomic mass is 16.5. The first-order chi connectivity index (χ1) is 12.4. The predicted octanol–water partition coefficient (Wildman–Crippen LogP) is 1.77. The second-order valence-corrected chi connectivity index (χ2v) is 5.02. The van der Waals surface area contributed by atoms with Crippen LogP contribution in [0.2, 0.25) is 0 Å². The molecule has 26 heavy (non-hydrogen) atoms. The number of alkyl carbamates (subject to hydrolysis) is 1. The molecule has 0 radical (unpaired) electrons. The SMILES string of the molecule is NCC(NC(=O)OCc1ccccc1)c1ccccc1.O=C(O)C(=O)O. The lowest BCUT2D eigenvalue weighted by Crippen LogP contribution is -2.33. The standard InChI is InChI=1S/C16H18N2O2.C2H2O4/c17-11-15(14-9-5-2-6-10-14)18-16(19)20-12-13-7-3-1-4-8-13;3-1(4)2(5)6/h1-10,15H,11-12,17H2,(H,18,19);(H,3,4)(H,5,6). The van der Waals surface area contributed by atoms with Gasteiger partial charge >= 0.3 is 18.0 Å². The largest absolute Gasteiger partial charge is 0.473 e. The normalized spacial score (nSPS) is 10.7. The quantitative estimate of drug-likeness (QED) is 0.596. The van der Waals surface area contributed by atoms with Gasteiger partial charge in [-0.1, -0.05) is 60.7 Å². The van der Waals surface area contributed by atoms with Crippen molar-refractivity contribution in [2.24, 2.45) is 5.73 Å². The minimum atomic E-state index is -1.82. The van der Waals surface area contributed by atoms with E-state index in [1.807, 2.05) is 60.7 Å². The van der Waals surface area contributed by atoms with E-state index in [4.69, 9.17) is 30.3 Å². The molecule has 1 atom stereocenters. The molecule has 0 bridgehead atoms. The number of carboxylic acids is 2. The van der Waals surface area contributed by atoms with Crippen molar-refractivity contribution in [3.05, 3.63) is 71.8 Å². The van der Waals surface area contributed by atoms with Crippen LogP contribution in [0.3, 0.4) is 0 Å². The van der Waals surface area contributed by atoms with Gasteiger partial charge < -0.3 is 26.0 Å². The molecule has 0 saturated carbocycles. The molecule has 0 aromatic heterocycles. The molecule has 8 nitrogen and oxygen atoms in total. The fraction of sp³-hybridized carbons (Fsp3) is 0.167. The average molecular weight is 360 g/mol. The number of benzene rings is 2. The Morgan fingerprint density at radius 3 is 1.88 bits per heavy atom. The molecule has 8 heteroatoms. The number of aliphatic carboxylic acids is 2. The number of ether oxygens (including phenoxy) is 1. The molecular formula is C18H20N2O6. The van der Waals surface area contributed by atoms with Gasteiger partial charge in [-0.05, 0) is 11.1 Å². The Labute approximate surface area is 150 Å². The maximum atomic E-state index is 11.8. The molecule has 1 unspecified atom stereocenters. The van der Waals surface area contributed by atoms with E-state index in [2.05, 4.69) is 5.32 Å². The minimum absolute atomic E-state index is 0.237. The highest BCUT2D eigenvalue weighted by Gasteiger charge is 2.13. The number of rotatable bonds is 5. The molecule has 0 aliphatic heterocycles. The van der Waals surface area contributed by atoms with Gasteiger partial charge in [0.15, 0.2) is 0 Å². The van der Waals surface area contributed by atoms with Crippen LogP contribution in [-0.4, -0.2) is 34.8 Å². The maximum Gasteiger partial charge on any atom is 0.414 e. The van der Waals surface area contributed by atoms with Crippen molar-refractivity contribution < 1.29 is 29.3 Å². The number of nitrogens with one attached hydrogen (secondary N) is 1. The van der Waals surface area contributed by atoms with Crippen LogP contribution in [0.1, 0.15) is 17.2 Å². The van der Waals surface area contributed by atoms with E-state index in [1.54, 1.807) is 0 Å². The van der Waals surface area contributed by atoms with Crippen LogP contribution in [0.4, 0.5) is 4.79 Å². The zero-order valence-corrected chi connectivity index (χ0v) is 13.9. The van der Waals surface area contributed by atoms with Crippen molar-refractivity contribution in [2.75, 3.05) is 6.54 Å². The summed E-state index contributed by atoms with van der Waals surface area (Å²) < 4.78 is 5.18. The van der Waals surface area contributed by atoms with Gasteiger partial charge in [-0.3, -0.25) is 0 Å². The summed E-state index contributed by atoms with van der Waals surface area (Å²) in [5, 5.41) is 17.5. The van der Waals surface area contributed by atoms with E-state index in [1.165, 1.54) is 0 Å². The van der Waals surface area contributed by atoms with Gasteiger partial charge in [-0.15, -0.1) is 0 Å².